The third kappa shape index (κ3) is 1.88. The molecule has 2 aromatic carbocycles. The minimum atomic E-state index is -0.235. The molecule has 0 aliphatic heterocycles. The Morgan fingerprint density at radius 3 is 2.10 bits per heavy atom. The summed E-state index contributed by atoms with van der Waals surface area (Å²) >= 11 is 0. The van der Waals surface area contributed by atoms with Gasteiger partial charge in [0.25, 0.3) is 0 Å². The number of hydrogen-bond donors (Lipinski definition) is 2. The Balaban J connectivity index is 2.96. The topological polar surface area (TPSA) is 123 Å². The highest BCUT2D eigenvalue weighted by Crippen LogP contribution is 2.33. The molecule has 20 heavy (non-hydrogen) atoms. The van der Waals surface area contributed by atoms with Crippen LogP contribution in [0.4, 0.5) is 11.4 Å². The second-order valence-electron chi connectivity index (χ2n) is 4.06. The van der Waals surface area contributed by atoms with Crippen LogP contribution in [0.1, 0.15) is 5.56 Å². The first-order chi connectivity index (χ1) is 9.63. The largest absolute Gasteiger partial charge is 0.398 e. The van der Waals surface area contributed by atoms with Gasteiger partial charge in [-0.2, -0.15) is 15.8 Å². The lowest BCUT2D eigenvalue weighted by Crippen LogP contribution is -1.96. The summed E-state index contributed by atoms with van der Waals surface area (Å²) in [4.78, 5) is 0. The van der Waals surface area contributed by atoms with Crippen molar-refractivity contribution in [2.75, 3.05) is 11.5 Å². The number of allylic oxidation sites excluding steroid dienone is 2. The molecular weight excluding hydrogens is 250 g/mol. The average Bonchev–Trinajstić information content (AvgIpc) is 2.46. The quantitative estimate of drug-likeness (QED) is 0.600. The minimum Gasteiger partial charge on any atom is -0.398 e. The predicted molar refractivity (Wildman–Crippen MR) is 76.5 cm³/mol. The predicted octanol–water partition coefficient (Wildman–Crippen LogP) is 2.33. The van der Waals surface area contributed by atoms with Gasteiger partial charge in [0.15, 0.2) is 0 Å². The Hall–Kier alpha value is -3.49. The smallest absolute Gasteiger partial charge is 0.148 e. The van der Waals surface area contributed by atoms with Crippen molar-refractivity contribution in [3.63, 3.8) is 0 Å². The van der Waals surface area contributed by atoms with Crippen molar-refractivity contribution >= 4 is 27.7 Å². The van der Waals surface area contributed by atoms with E-state index in [-0.39, 0.29) is 11.1 Å². The fourth-order valence-electron chi connectivity index (χ4n) is 2.07. The van der Waals surface area contributed by atoms with E-state index in [9.17, 15) is 5.26 Å². The normalized spacial score (nSPS) is 9.25. The first kappa shape index (κ1) is 13.0. The van der Waals surface area contributed by atoms with Crippen LogP contribution in [0.3, 0.4) is 0 Å². The fraction of sp³-hybridized carbons (Fsp3) is 0. The van der Waals surface area contributed by atoms with Gasteiger partial charge >= 0.3 is 0 Å². The van der Waals surface area contributed by atoms with Crippen molar-refractivity contribution in [1.82, 2.24) is 0 Å². The molecule has 5 nitrogen and oxygen atoms in total. The van der Waals surface area contributed by atoms with Gasteiger partial charge in [0.05, 0.1) is 5.57 Å². The highest BCUT2D eigenvalue weighted by Gasteiger charge is 2.14. The fourth-order valence-corrected chi connectivity index (χ4v) is 2.07. The summed E-state index contributed by atoms with van der Waals surface area (Å²) in [5.74, 6) is 0. The van der Waals surface area contributed by atoms with Gasteiger partial charge in [-0.25, -0.2) is 0 Å². The Kier molecular flexibility index (Phi) is 3.25. The summed E-state index contributed by atoms with van der Waals surface area (Å²) in [5, 5.41) is 28.4. The summed E-state index contributed by atoms with van der Waals surface area (Å²) in [6.07, 6.45) is 0. The molecule has 5 heteroatoms. The standard InChI is InChI=1S/C15H9N5/c16-6-9(7-17)12(8-18)10-4-5-14(20)15-11(10)2-1-3-13(15)19/h1-5H,19-20H2. The molecule has 0 aliphatic rings. The van der Waals surface area contributed by atoms with Crippen molar-refractivity contribution in [3.8, 4) is 18.2 Å². The number of nitrogens with zero attached hydrogens (tertiary/aromatic N) is 3. The number of benzene rings is 2. The zero-order valence-electron chi connectivity index (χ0n) is 10.4. The van der Waals surface area contributed by atoms with E-state index in [1.165, 1.54) is 0 Å². The Labute approximate surface area is 115 Å². The van der Waals surface area contributed by atoms with Gasteiger partial charge in [0.1, 0.15) is 23.8 Å². The molecular formula is C15H9N5. The molecule has 0 spiro atoms. The maximum absolute atomic E-state index is 9.24. The van der Waals surface area contributed by atoms with Crippen LogP contribution in [0.2, 0.25) is 0 Å². The number of fused-ring (bicyclic) bond motifs is 1. The lowest BCUT2D eigenvalue weighted by molar-refractivity contribution is 1.45. The highest BCUT2D eigenvalue weighted by atomic mass is 14.6. The van der Waals surface area contributed by atoms with Gasteiger partial charge in [0.2, 0.25) is 0 Å². The molecule has 0 saturated heterocycles. The molecule has 2 rings (SSSR count). The van der Waals surface area contributed by atoms with Crippen molar-refractivity contribution in [3.05, 3.63) is 41.5 Å². The van der Waals surface area contributed by atoms with Crippen molar-refractivity contribution in [1.29, 1.82) is 15.8 Å². The van der Waals surface area contributed by atoms with E-state index < -0.39 is 0 Å². The monoisotopic (exact) mass is 259 g/mol. The number of anilines is 2. The number of rotatable bonds is 1. The summed E-state index contributed by atoms with van der Waals surface area (Å²) in [7, 11) is 0. The van der Waals surface area contributed by atoms with E-state index in [0.29, 0.717) is 27.7 Å². The van der Waals surface area contributed by atoms with Crippen LogP contribution in [-0.4, -0.2) is 0 Å². The Morgan fingerprint density at radius 1 is 0.850 bits per heavy atom. The lowest BCUT2D eigenvalue weighted by atomic mass is 9.94. The molecule has 0 atom stereocenters. The van der Waals surface area contributed by atoms with Crippen LogP contribution in [-0.2, 0) is 0 Å². The van der Waals surface area contributed by atoms with Crippen molar-refractivity contribution in [2.24, 2.45) is 0 Å². The number of nitrogens with two attached hydrogens (primary N) is 2. The SMILES string of the molecule is N#CC(C#N)=C(C#N)c1ccc(N)c2c(N)cccc12. The maximum atomic E-state index is 9.24. The van der Waals surface area contributed by atoms with Crippen LogP contribution in [0, 0.1) is 34.0 Å². The van der Waals surface area contributed by atoms with E-state index in [0.717, 1.165) is 0 Å². The molecule has 0 aromatic heterocycles. The third-order valence-electron chi connectivity index (χ3n) is 2.96. The van der Waals surface area contributed by atoms with Gasteiger partial charge in [-0.05, 0) is 17.5 Å². The molecule has 0 saturated carbocycles. The first-order valence-electron chi connectivity index (χ1n) is 5.65. The van der Waals surface area contributed by atoms with Crippen LogP contribution >= 0.6 is 0 Å². The average molecular weight is 259 g/mol. The van der Waals surface area contributed by atoms with E-state index in [2.05, 4.69) is 0 Å². The van der Waals surface area contributed by atoms with Crippen LogP contribution in [0.25, 0.3) is 16.3 Å². The molecule has 94 valence electrons. The maximum Gasteiger partial charge on any atom is 0.148 e. The third-order valence-corrected chi connectivity index (χ3v) is 2.96. The second-order valence-corrected chi connectivity index (χ2v) is 4.06. The molecule has 0 unspecified atom stereocenters. The van der Waals surface area contributed by atoms with E-state index >= 15 is 0 Å². The second kappa shape index (κ2) is 5.02. The van der Waals surface area contributed by atoms with Gasteiger partial charge in [0, 0.05) is 22.3 Å². The summed E-state index contributed by atoms with van der Waals surface area (Å²) < 4.78 is 0. The molecule has 4 N–H and O–H groups in total. The molecule has 0 bridgehead atoms. The number of nitrogen functional groups attached to an aromatic ring is 2. The minimum absolute atomic E-state index is 0.0191. The summed E-state index contributed by atoms with van der Waals surface area (Å²) in [6.45, 7) is 0. The van der Waals surface area contributed by atoms with E-state index in [4.69, 9.17) is 22.0 Å². The van der Waals surface area contributed by atoms with E-state index in [1.54, 1.807) is 42.5 Å². The van der Waals surface area contributed by atoms with Gasteiger partial charge in [-0.3, -0.25) is 0 Å². The lowest BCUT2D eigenvalue weighted by Gasteiger charge is -2.10. The molecule has 0 heterocycles. The molecule has 0 radical (unpaired) electrons. The zero-order valence-corrected chi connectivity index (χ0v) is 10.4. The van der Waals surface area contributed by atoms with Gasteiger partial charge < -0.3 is 11.5 Å². The Morgan fingerprint density at radius 2 is 1.50 bits per heavy atom. The Bertz CT molecular complexity index is 832. The molecule has 0 aliphatic carbocycles. The number of hydrogen-bond acceptors (Lipinski definition) is 5. The van der Waals surface area contributed by atoms with E-state index in [1.807, 2.05) is 6.07 Å². The summed E-state index contributed by atoms with van der Waals surface area (Å²) in [6, 6.07) is 13.8. The molecule has 2 aromatic rings. The first-order valence-corrected chi connectivity index (χ1v) is 5.65. The van der Waals surface area contributed by atoms with Crippen LogP contribution in [0.5, 0.6) is 0 Å². The summed E-state index contributed by atoms with van der Waals surface area (Å²) in [5.41, 5.74) is 13.0. The highest BCUT2D eigenvalue weighted by molar-refractivity contribution is 6.08. The molecule has 0 amide bonds. The van der Waals surface area contributed by atoms with Gasteiger partial charge in [-0.15, -0.1) is 0 Å². The van der Waals surface area contributed by atoms with Crippen molar-refractivity contribution < 1.29 is 0 Å². The zero-order chi connectivity index (χ0) is 14.7. The number of nitriles is 3. The van der Waals surface area contributed by atoms with Crippen molar-refractivity contribution in [2.45, 2.75) is 0 Å². The molecule has 0 fully saturated rings. The van der Waals surface area contributed by atoms with Gasteiger partial charge in [-0.1, -0.05) is 18.2 Å². The van der Waals surface area contributed by atoms with Crippen LogP contribution in [0.15, 0.2) is 35.9 Å². The van der Waals surface area contributed by atoms with Crippen LogP contribution < -0.4 is 11.5 Å².